The zero-order valence-electron chi connectivity index (χ0n) is 22.9. The highest BCUT2D eigenvalue weighted by molar-refractivity contribution is 5.87. The maximum absolute atomic E-state index is 13.3. The second-order valence-electron chi connectivity index (χ2n) is 10.4. The van der Waals surface area contributed by atoms with Gasteiger partial charge in [-0.15, -0.1) is 0 Å². The van der Waals surface area contributed by atoms with Crippen LogP contribution in [0.1, 0.15) is 58.9 Å². The molecule has 0 aliphatic carbocycles. The van der Waals surface area contributed by atoms with E-state index in [2.05, 4.69) is 16.0 Å². The number of nitrogens with one attached hydrogen (secondary N) is 3. The number of alkyl carbamates (subject to hydrolysis) is 1. The van der Waals surface area contributed by atoms with E-state index in [0.29, 0.717) is 25.8 Å². The quantitative estimate of drug-likeness (QED) is 0.368. The van der Waals surface area contributed by atoms with Crippen LogP contribution in [0.5, 0.6) is 0 Å². The lowest BCUT2D eigenvalue weighted by Gasteiger charge is -2.27. The van der Waals surface area contributed by atoms with Crippen molar-refractivity contribution in [2.24, 2.45) is 0 Å². The van der Waals surface area contributed by atoms with Crippen molar-refractivity contribution in [1.29, 1.82) is 0 Å². The average molecular weight is 533 g/mol. The van der Waals surface area contributed by atoms with E-state index in [0.717, 1.165) is 5.56 Å². The van der Waals surface area contributed by atoms with Crippen molar-refractivity contribution in [2.45, 2.75) is 83.5 Å². The summed E-state index contributed by atoms with van der Waals surface area (Å²) in [6, 6.07) is 7.67. The van der Waals surface area contributed by atoms with Crippen molar-refractivity contribution in [2.75, 3.05) is 20.2 Å². The number of hydrogen-bond acceptors (Lipinski definition) is 7. The minimum atomic E-state index is -0.808. The highest BCUT2D eigenvalue weighted by Crippen LogP contribution is 2.21. The standard InChI is InChI=1S/C27H40N4O7/c1-18(14-22(32)28-5)29-23(33)17-37-25(35)21-12-9-13-31(21)24(34)16-20(15-19-10-7-6-8-11-19)30-26(36)38-27(2,3)4/h6-8,10-11,18,20-21H,9,12-17H2,1-5H3,(H,28,32)(H,29,33)(H,30,36)/t18-,20?,21+/m0/s1. The molecule has 0 spiro atoms. The second kappa shape index (κ2) is 14.3. The number of ether oxygens (including phenoxy) is 2. The summed E-state index contributed by atoms with van der Waals surface area (Å²) in [4.78, 5) is 63.4. The fourth-order valence-corrected chi connectivity index (χ4v) is 4.17. The van der Waals surface area contributed by atoms with Crippen LogP contribution in [0.15, 0.2) is 30.3 Å². The van der Waals surface area contributed by atoms with E-state index in [1.165, 1.54) is 11.9 Å². The Morgan fingerprint density at radius 2 is 1.71 bits per heavy atom. The first-order valence-electron chi connectivity index (χ1n) is 12.9. The molecular formula is C27H40N4O7. The molecule has 1 aliphatic rings. The lowest BCUT2D eigenvalue weighted by Crippen LogP contribution is -2.47. The zero-order valence-corrected chi connectivity index (χ0v) is 22.9. The number of nitrogens with zero attached hydrogens (tertiary/aromatic N) is 1. The summed E-state index contributed by atoms with van der Waals surface area (Å²) in [6.45, 7) is 6.81. The summed E-state index contributed by atoms with van der Waals surface area (Å²) >= 11 is 0. The van der Waals surface area contributed by atoms with Crippen molar-refractivity contribution in [3.8, 4) is 0 Å². The molecule has 1 aliphatic heterocycles. The third-order valence-corrected chi connectivity index (χ3v) is 5.84. The first-order chi connectivity index (χ1) is 17.9. The molecule has 3 atom stereocenters. The molecular weight excluding hydrogens is 492 g/mol. The van der Waals surface area contributed by atoms with Gasteiger partial charge in [0.25, 0.3) is 5.91 Å². The molecule has 11 heteroatoms. The Morgan fingerprint density at radius 1 is 1.03 bits per heavy atom. The molecule has 1 saturated heterocycles. The first-order valence-corrected chi connectivity index (χ1v) is 12.9. The monoisotopic (exact) mass is 532 g/mol. The molecule has 3 N–H and O–H groups in total. The van der Waals surface area contributed by atoms with E-state index >= 15 is 0 Å². The highest BCUT2D eigenvalue weighted by Gasteiger charge is 2.36. The van der Waals surface area contributed by atoms with Crippen LogP contribution in [0.25, 0.3) is 0 Å². The Morgan fingerprint density at radius 3 is 2.34 bits per heavy atom. The Bertz CT molecular complexity index is 977. The van der Waals surface area contributed by atoms with Gasteiger partial charge in [-0.05, 0) is 52.5 Å². The summed E-state index contributed by atoms with van der Waals surface area (Å²) in [7, 11) is 1.50. The number of likely N-dealkylation sites (tertiary alicyclic amines) is 1. The average Bonchev–Trinajstić information content (AvgIpc) is 3.32. The predicted octanol–water partition coefficient (Wildman–Crippen LogP) is 1.69. The van der Waals surface area contributed by atoms with Crippen LogP contribution in [0.4, 0.5) is 4.79 Å². The van der Waals surface area contributed by atoms with Gasteiger partial charge in [0.05, 0.1) is 0 Å². The molecule has 0 bridgehead atoms. The van der Waals surface area contributed by atoms with Gasteiger partial charge in [0.2, 0.25) is 11.8 Å². The third-order valence-electron chi connectivity index (χ3n) is 5.84. The van der Waals surface area contributed by atoms with Gasteiger partial charge >= 0.3 is 12.1 Å². The van der Waals surface area contributed by atoms with Crippen molar-refractivity contribution in [3.05, 3.63) is 35.9 Å². The first kappa shape index (κ1) is 30.6. The minimum absolute atomic E-state index is 0.0323. The lowest BCUT2D eigenvalue weighted by atomic mass is 10.0. The minimum Gasteiger partial charge on any atom is -0.454 e. The number of amides is 4. The molecule has 0 radical (unpaired) electrons. The smallest absolute Gasteiger partial charge is 0.407 e. The molecule has 38 heavy (non-hydrogen) atoms. The van der Waals surface area contributed by atoms with Gasteiger partial charge in [0, 0.05) is 38.5 Å². The van der Waals surface area contributed by atoms with E-state index in [-0.39, 0.29) is 24.7 Å². The second-order valence-corrected chi connectivity index (χ2v) is 10.4. The molecule has 1 aromatic carbocycles. The van der Waals surface area contributed by atoms with Gasteiger partial charge in [-0.2, -0.15) is 0 Å². The van der Waals surface area contributed by atoms with E-state index in [1.807, 2.05) is 30.3 Å². The zero-order chi connectivity index (χ0) is 28.3. The fourth-order valence-electron chi connectivity index (χ4n) is 4.17. The number of rotatable bonds is 11. The molecule has 0 saturated carbocycles. The molecule has 1 heterocycles. The van der Waals surface area contributed by atoms with Crippen LogP contribution < -0.4 is 16.0 Å². The van der Waals surface area contributed by atoms with Crippen molar-refractivity contribution < 1.29 is 33.4 Å². The number of carbonyl (C=O) groups excluding carboxylic acids is 5. The number of carbonyl (C=O) groups is 5. The summed E-state index contributed by atoms with van der Waals surface area (Å²) in [5, 5.41) is 7.86. The van der Waals surface area contributed by atoms with E-state index < -0.39 is 48.3 Å². The Hall–Kier alpha value is -3.63. The SMILES string of the molecule is CNC(=O)C[C@H](C)NC(=O)COC(=O)[C@H]1CCCN1C(=O)CC(Cc1ccccc1)NC(=O)OC(C)(C)C. The Balaban J connectivity index is 1.97. The normalized spacial score (nSPS) is 16.7. The molecule has 2 rings (SSSR count). The summed E-state index contributed by atoms with van der Waals surface area (Å²) < 4.78 is 10.6. The van der Waals surface area contributed by atoms with Gasteiger partial charge in [0.15, 0.2) is 6.61 Å². The van der Waals surface area contributed by atoms with E-state index in [1.54, 1.807) is 27.7 Å². The van der Waals surface area contributed by atoms with Crippen LogP contribution in [0.2, 0.25) is 0 Å². The molecule has 1 fully saturated rings. The topological polar surface area (TPSA) is 143 Å². The predicted molar refractivity (Wildman–Crippen MR) is 140 cm³/mol. The molecule has 210 valence electrons. The Kier molecular flexibility index (Phi) is 11.5. The van der Waals surface area contributed by atoms with E-state index in [9.17, 15) is 24.0 Å². The number of esters is 1. The van der Waals surface area contributed by atoms with Crippen molar-refractivity contribution >= 4 is 29.8 Å². The summed E-state index contributed by atoms with van der Waals surface area (Å²) in [5.41, 5.74) is 0.247. The van der Waals surface area contributed by atoms with Gasteiger partial charge in [-0.3, -0.25) is 14.4 Å². The van der Waals surface area contributed by atoms with E-state index in [4.69, 9.17) is 9.47 Å². The molecule has 4 amide bonds. The Labute approximate surface area is 224 Å². The number of benzene rings is 1. The molecule has 0 aromatic heterocycles. The van der Waals surface area contributed by atoms with Crippen LogP contribution in [0, 0.1) is 0 Å². The van der Waals surface area contributed by atoms with Crippen molar-refractivity contribution in [3.63, 3.8) is 0 Å². The van der Waals surface area contributed by atoms with Crippen LogP contribution in [-0.2, 0) is 35.1 Å². The molecule has 1 unspecified atom stereocenters. The third kappa shape index (κ3) is 10.8. The van der Waals surface area contributed by atoms with Crippen molar-refractivity contribution in [1.82, 2.24) is 20.9 Å². The molecule has 11 nitrogen and oxygen atoms in total. The largest absolute Gasteiger partial charge is 0.454 e. The highest BCUT2D eigenvalue weighted by atomic mass is 16.6. The fraction of sp³-hybridized carbons (Fsp3) is 0.593. The van der Waals surface area contributed by atoms with Gasteiger partial charge in [0.1, 0.15) is 11.6 Å². The lowest BCUT2D eigenvalue weighted by molar-refractivity contribution is -0.156. The van der Waals surface area contributed by atoms with Gasteiger partial charge in [-0.1, -0.05) is 30.3 Å². The summed E-state index contributed by atoms with van der Waals surface area (Å²) in [5.74, 6) is -1.72. The van der Waals surface area contributed by atoms with Crippen LogP contribution in [0.3, 0.4) is 0 Å². The van der Waals surface area contributed by atoms with Gasteiger partial charge in [-0.25, -0.2) is 9.59 Å². The van der Waals surface area contributed by atoms with Gasteiger partial charge < -0.3 is 30.3 Å². The maximum Gasteiger partial charge on any atom is 0.407 e. The van der Waals surface area contributed by atoms with Crippen LogP contribution >= 0.6 is 0 Å². The van der Waals surface area contributed by atoms with Crippen LogP contribution in [-0.4, -0.2) is 78.6 Å². The maximum atomic E-state index is 13.3. The number of hydrogen-bond donors (Lipinski definition) is 3. The summed E-state index contributed by atoms with van der Waals surface area (Å²) in [6.07, 6.45) is 0.882. The molecule has 1 aromatic rings.